The quantitative estimate of drug-likeness (QED) is 0.775. The number of hydrogen-bond donors (Lipinski definition) is 2. The molecule has 0 aliphatic rings. The first-order chi connectivity index (χ1) is 8.67. The summed E-state index contributed by atoms with van der Waals surface area (Å²) in [6.45, 7) is 5.08. The molecule has 0 radical (unpaired) electrons. The van der Waals surface area contributed by atoms with Crippen molar-refractivity contribution in [2.75, 3.05) is 29.9 Å². The summed E-state index contributed by atoms with van der Waals surface area (Å²) in [5.41, 5.74) is 1.26. The number of hydrogen-bond acceptors (Lipinski definition) is 4. The predicted octanol–water partition coefficient (Wildman–Crippen LogP) is 1.01. The minimum absolute atomic E-state index is 0.230. The van der Waals surface area contributed by atoms with Crippen LogP contribution in [-0.4, -0.2) is 39.7 Å². The fraction of sp³-hybridized carbons (Fsp3) is 0.500. The van der Waals surface area contributed by atoms with E-state index in [2.05, 4.69) is 15.6 Å². The van der Waals surface area contributed by atoms with Gasteiger partial charge < -0.3 is 10.6 Å². The molecule has 0 saturated carbocycles. The van der Waals surface area contributed by atoms with Gasteiger partial charge in [-0.15, -0.1) is 0 Å². The molecule has 0 bridgehead atoms. The Hall–Kier alpha value is -1.43. The summed E-state index contributed by atoms with van der Waals surface area (Å²) in [7, 11) is -0.851. The summed E-state index contributed by atoms with van der Waals surface area (Å²) in [5.74, 6) is 0.870. The highest BCUT2D eigenvalue weighted by molar-refractivity contribution is 7.84. The van der Waals surface area contributed by atoms with E-state index in [0.29, 0.717) is 23.7 Å². The lowest BCUT2D eigenvalue weighted by Crippen LogP contribution is -2.28. The Bertz CT molecular complexity index is 406. The first-order valence-corrected chi connectivity index (χ1v) is 7.49. The molecule has 1 aromatic rings. The van der Waals surface area contributed by atoms with E-state index in [1.54, 1.807) is 12.3 Å². The van der Waals surface area contributed by atoms with Gasteiger partial charge in [-0.1, -0.05) is 6.92 Å². The second-order valence-electron chi connectivity index (χ2n) is 3.65. The molecule has 1 rings (SSSR count). The van der Waals surface area contributed by atoms with E-state index < -0.39 is 10.8 Å². The number of carbonyl (C=O) groups is 1. The summed E-state index contributed by atoms with van der Waals surface area (Å²) in [4.78, 5) is 15.8. The molecule has 0 spiro atoms. The minimum atomic E-state index is -0.851. The summed E-state index contributed by atoms with van der Waals surface area (Å²) < 4.78 is 11.2. The lowest BCUT2D eigenvalue weighted by Gasteiger charge is -2.05. The molecule has 1 atom stereocenters. The van der Waals surface area contributed by atoms with Crippen LogP contribution in [0.15, 0.2) is 18.3 Å². The third-order valence-corrected chi connectivity index (χ3v) is 3.62. The van der Waals surface area contributed by atoms with Crippen LogP contribution in [0, 0.1) is 0 Å². The van der Waals surface area contributed by atoms with E-state index in [4.69, 9.17) is 0 Å². The number of pyridine rings is 1. The second-order valence-corrected chi connectivity index (χ2v) is 5.52. The second kappa shape index (κ2) is 7.81. The molecular formula is C12H19N3O2S. The van der Waals surface area contributed by atoms with Crippen molar-refractivity contribution in [3.8, 4) is 0 Å². The zero-order valence-corrected chi connectivity index (χ0v) is 11.5. The molecule has 100 valence electrons. The van der Waals surface area contributed by atoms with E-state index in [9.17, 15) is 9.00 Å². The molecule has 0 saturated heterocycles. The van der Waals surface area contributed by atoms with Gasteiger partial charge in [0.1, 0.15) is 5.69 Å². The third kappa shape index (κ3) is 4.83. The third-order valence-electron chi connectivity index (χ3n) is 2.31. The van der Waals surface area contributed by atoms with Crippen LogP contribution in [-0.2, 0) is 10.8 Å². The van der Waals surface area contributed by atoms with Crippen LogP contribution in [0.4, 0.5) is 5.69 Å². The van der Waals surface area contributed by atoms with Crippen LogP contribution >= 0.6 is 0 Å². The highest BCUT2D eigenvalue weighted by Crippen LogP contribution is 2.05. The molecule has 1 unspecified atom stereocenters. The summed E-state index contributed by atoms with van der Waals surface area (Å²) in [6.07, 6.45) is 1.63. The van der Waals surface area contributed by atoms with Gasteiger partial charge in [-0.2, -0.15) is 0 Å². The van der Waals surface area contributed by atoms with Crippen molar-refractivity contribution < 1.29 is 9.00 Å². The zero-order valence-electron chi connectivity index (χ0n) is 10.7. The predicted molar refractivity (Wildman–Crippen MR) is 74.3 cm³/mol. The van der Waals surface area contributed by atoms with Crippen LogP contribution in [0.5, 0.6) is 0 Å². The molecule has 1 amide bonds. The van der Waals surface area contributed by atoms with Gasteiger partial charge >= 0.3 is 0 Å². The van der Waals surface area contributed by atoms with Crippen molar-refractivity contribution in [3.05, 3.63) is 24.0 Å². The first kappa shape index (κ1) is 14.6. The number of aromatic nitrogens is 1. The molecule has 2 N–H and O–H groups in total. The highest BCUT2D eigenvalue weighted by Gasteiger charge is 2.06. The smallest absolute Gasteiger partial charge is 0.269 e. The molecular weight excluding hydrogens is 250 g/mol. The van der Waals surface area contributed by atoms with E-state index in [-0.39, 0.29) is 5.91 Å². The van der Waals surface area contributed by atoms with Crippen molar-refractivity contribution in [1.29, 1.82) is 0 Å². The molecule has 0 aliphatic heterocycles. The zero-order chi connectivity index (χ0) is 13.4. The SMILES string of the molecule is CCNc1ccc(C(=O)NCCS(=O)CC)nc1. The van der Waals surface area contributed by atoms with Crippen LogP contribution in [0.1, 0.15) is 24.3 Å². The highest BCUT2D eigenvalue weighted by atomic mass is 32.2. The molecule has 0 fully saturated rings. The lowest BCUT2D eigenvalue weighted by atomic mass is 10.3. The van der Waals surface area contributed by atoms with Crippen molar-refractivity contribution in [2.45, 2.75) is 13.8 Å². The Morgan fingerprint density at radius 1 is 1.39 bits per heavy atom. The van der Waals surface area contributed by atoms with Crippen molar-refractivity contribution in [2.24, 2.45) is 0 Å². The van der Waals surface area contributed by atoms with E-state index in [0.717, 1.165) is 12.2 Å². The van der Waals surface area contributed by atoms with Gasteiger partial charge in [0.15, 0.2) is 0 Å². The number of nitrogens with zero attached hydrogens (tertiary/aromatic N) is 1. The van der Waals surface area contributed by atoms with Gasteiger partial charge in [-0.3, -0.25) is 9.00 Å². The maximum absolute atomic E-state index is 11.7. The Labute approximate surface area is 110 Å². The lowest BCUT2D eigenvalue weighted by molar-refractivity contribution is 0.0951. The Morgan fingerprint density at radius 2 is 2.17 bits per heavy atom. The number of carbonyl (C=O) groups excluding carboxylic acids is 1. The van der Waals surface area contributed by atoms with Crippen LogP contribution < -0.4 is 10.6 Å². The van der Waals surface area contributed by atoms with Gasteiger partial charge in [0.2, 0.25) is 0 Å². The Balaban J connectivity index is 2.44. The molecule has 18 heavy (non-hydrogen) atoms. The summed E-state index contributed by atoms with van der Waals surface area (Å²) >= 11 is 0. The average Bonchev–Trinajstić information content (AvgIpc) is 2.39. The van der Waals surface area contributed by atoms with Crippen LogP contribution in [0.25, 0.3) is 0 Å². The van der Waals surface area contributed by atoms with Gasteiger partial charge in [-0.05, 0) is 19.1 Å². The molecule has 0 aliphatic carbocycles. The standard InChI is InChI=1S/C12H19N3O2S/c1-3-13-10-5-6-11(15-9-10)12(16)14-7-8-18(17)4-2/h5-6,9,13H,3-4,7-8H2,1-2H3,(H,14,16). The van der Waals surface area contributed by atoms with Gasteiger partial charge in [0, 0.05) is 35.4 Å². The summed E-state index contributed by atoms with van der Waals surface area (Å²) in [5, 5.41) is 5.81. The number of amides is 1. The summed E-state index contributed by atoms with van der Waals surface area (Å²) in [6, 6.07) is 3.49. The monoisotopic (exact) mass is 269 g/mol. The normalized spacial score (nSPS) is 11.9. The van der Waals surface area contributed by atoms with Gasteiger partial charge in [-0.25, -0.2) is 4.98 Å². The number of nitrogens with one attached hydrogen (secondary N) is 2. The maximum atomic E-state index is 11.7. The fourth-order valence-corrected chi connectivity index (χ4v) is 1.97. The van der Waals surface area contributed by atoms with E-state index in [1.807, 2.05) is 19.9 Å². The fourth-order valence-electron chi connectivity index (χ4n) is 1.35. The topological polar surface area (TPSA) is 71.1 Å². The van der Waals surface area contributed by atoms with Crippen LogP contribution in [0.3, 0.4) is 0 Å². The largest absolute Gasteiger partial charge is 0.384 e. The van der Waals surface area contributed by atoms with Gasteiger partial charge in [0.25, 0.3) is 5.91 Å². The number of anilines is 1. The Kier molecular flexibility index (Phi) is 6.35. The van der Waals surface area contributed by atoms with Crippen molar-refractivity contribution in [1.82, 2.24) is 10.3 Å². The molecule has 1 heterocycles. The van der Waals surface area contributed by atoms with Crippen LogP contribution in [0.2, 0.25) is 0 Å². The van der Waals surface area contributed by atoms with Crippen molar-refractivity contribution >= 4 is 22.4 Å². The van der Waals surface area contributed by atoms with Crippen molar-refractivity contribution in [3.63, 3.8) is 0 Å². The maximum Gasteiger partial charge on any atom is 0.269 e. The van der Waals surface area contributed by atoms with E-state index in [1.165, 1.54) is 0 Å². The average molecular weight is 269 g/mol. The molecule has 5 nitrogen and oxygen atoms in total. The first-order valence-electron chi connectivity index (χ1n) is 6.00. The minimum Gasteiger partial charge on any atom is -0.384 e. The molecule has 6 heteroatoms. The number of rotatable bonds is 7. The Morgan fingerprint density at radius 3 is 2.72 bits per heavy atom. The molecule has 0 aromatic carbocycles. The molecule has 1 aromatic heterocycles. The van der Waals surface area contributed by atoms with E-state index >= 15 is 0 Å². The van der Waals surface area contributed by atoms with Gasteiger partial charge in [0.05, 0.1) is 11.9 Å².